The highest BCUT2D eigenvalue weighted by molar-refractivity contribution is 5.97. The molecule has 0 fully saturated rings. The van der Waals surface area contributed by atoms with Crippen LogP contribution < -0.4 is 10.6 Å². The number of aromatic hydroxyl groups is 1. The summed E-state index contributed by atoms with van der Waals surface area (Å²) >= 11 is 0. The Morgan fingerprint density at radius 3 is 2.53 bits per heavy atom. The Bertz CT molecular complexity index is 445. The van der Waals surface area contributed by atoms with Crippen LogP contribution in [0.3, 0.4) is 0 Å². The van der Waals surface area contributed by atoms with Crippen molar-refractivity contribution in [3.63, 3.8) is 0 Å². The molecule has 0 aliphatic carbocycles. The maximum Gasteiger partial charge on any atom is 0.335 e. The average molecular weight is 238 g/mol. The SMILES string of the molecule is CNC(C)C(=O)Nc1cc(C(=O)O)ccc1O. The number of rotatable bonds is 4. The van der Waals surface area contributed by atoms with Crippen LogP contribution in [0.1, 0.15) is 17.3 Å². The van der Waals surface area contributed by atoms with Crippen molar-refractivity contribution in [3.05, 3.63) is 23.8 Å². The molecule has 1 aromatic rings. The highest BCUT2D eigenvalue weighted by Crippen LogP contribution is 2.24. The number of carbonyl (C=O) groups is 2. The molecule has 0 radical (unpaired) electrons. The lowest BCUT2D eigenvalue weighted by atomic mass is 10.2. The average Bonchev–Trinajstić information content (AvgIpc) is 2.30. The lowest BCUT2D eigenvalue weighted by molar-refractivity contribution is -0.117. The topological polar surface area (TPSA) is 98.7 Å². The number of phenols is 1. The van der Waals surface area contributed by atoms with Crippen molar-refractivity contribution in [2.75, 3.05) is 12.4 Å². The van der Waals surface area contributed by atoms with Crippen molar-refractivity contribution in [3.8, 4) is 5.75 Å². The molecule has 1 aromatic carbocycles. The Kier molecular flexibility index (Phi) is 4.06. The molecule has 0 bridgehead atoms. The predicted molar refractivity (Wildman–Crippen MR) is 62.2 cm³/mol. The van der Waals surface area contributed by atoms with E-state index in [1.54, 1.807) is 14.0 Å². The van der Waals surface area contributed by atoms with Crippen LogP contribution in [-0.4, -0.2) is 35.2 Å². The molecule has 4 N–H and O–H groups in total. The van der Waals surface area contributed by atoms with E-state index in [0.717, 1.165) is 0 Å². The molecular weight excluding hydrogens is 224 g/mol. The molecule has 1 amide bonds. The quantitative estimate of drug-likeness (QED) is 0.577. The minimum absolute atomic E-state index is 0.00443. The van der Waals surface area contributed by atoms with Crippen LogP contribution in [0, 0.1) is 0 Å². The zero-order valence-electron chi connectivity index (χ0n) is 9.52. The largest absolute Gasteiger partial charge is 0.506 e. The van der Waals surface area contributed by atoms with Gasteiger partial charge in [-0.15, -0.1) is 0 Å². The molecule has 0 aromatic heterocycles. The minimum Gasteiger partial charge on any atom is -0.506 e. The number of anilines is 1. The molecule has 0 aliphatic rings. The van der Waals surface area contributed by atoms with E-state index in [9.17, 15) is 14.7 Å². The van der Waals surface area contributed by atoms with Gasteiger partial charge in [-0.2, -0.15) is 0 Å². The fourth-order valence-corrected chi connectivity index (χ4v) is 1.14. The number of amides is 1. The second-order valence-electron chi connectivity index (χ2n) is 3.54. The molecule has 0 saturated heterocycles. The smallest absolute Gasteiger partial charge is 0.335 e. The van der Waals surface area contributed by atoms with Gasteiger partial charge in [0.2, 0.25) is 5.91 Å². The summed E-state index contributed by atoms with van der Waals surface area (Å²) in [5, 5.41) is 23.4. The molecule has 92 valence electrons. The van der Waals surface area contributed by atoms with Gasteiger partial charge >= 0.3 is 5.97 Å². The van der Waals surface area contributed by atoms with E-state index in [0.29, 0.717) is 0 Å². The van der Waals surface area contributed by atoms with Gasteiger partial charge in [-0.1, -0.05) is 0 Å². The molecule has 1 unspecified atom stereocenters. The fourth-order valence-electron chi connectivity index (χ4n) is 1.14. The molecular formula is C11H14N2O4. The third kappa shape index (κ3) is 3.18. The summed E-state index contributed by atoms with van der Waals surface area (Å²) < 4.78 is 0. The summed E-state index contributed by atoms with van der Waals surface area (Å²) in [5.41, 5.74) is 0.0761. The van der Waals surface area contributed by atoms with Crippen molar-refractivity contribution in [1.29, 1.82) is 0 Å². The second-order valence-corrected chi connectivity index (χ2v) is 3.54. The van der Waals surface area contributed by atoms with Crippen LogP contribution in [0.2, 0.25) is 0 Å². The Hall–Kier alpha value is -2.08. The lowest BCUT2D eigenvalue weighted by Gasteiger charge is -2.12. The third-order valence-electron chi connectivity index (χ3n) is 2.33. The van der Waals surface area contributed by atoms with E-state index in [4.69, 9.17) is 5.11 Å². The summed E-state index contributed by atoms with van der Waals surface area (Å²) in [6.07, 6.45) is 0. The van der Waals surface area contributed by atoms with E-state index in [-0.39, 0.29) is 22.9 Å². The number of likely N-dealkylation sites (N-methyl/N-ethyl adjacent to an activating group) is 1. The molecule has 0 saturated carbocycles. The highest BCUT2D eigenvalue weighted by Gasteiger charge is 2.14. The predicted octanol–water partition coefficient (Wildman–Crippen LogP) is 0.637. The summed E-state index contributed by atoms with van der Waals surface area (Å²) in [4.78, 5) is 22.3. The monoisotopic (exact) mass is 238 g/mol. The summed E-state index contributed by atoms with van der Waals surface area (Å²) in [7, 11) is 1.62. The molecule has 17 heavy (non-hydrogen) atoms. The number of phenolic OH excluding ortho intramolecular Hbond substituents is 1. The lowest BCUT2D eigenvalue weighted by Crippen LogP contribution is -2.35. The molecule has 0 spiro atoms. The van der Waals surface area contributed by atoms with Crippen LogP contribution in [0.15, 0.2) is 18.2 Å². The number of carboxylic acid groups (broad SMARTS) is 1. The van der Waals surface area contributed by atoms with Gasteiger partial charge in [0.15, 0.2) is 0 Å². The van der Waals surface area contributed by atoms with E-state index in [2.05, 4.69) is 10.6 Å². The van der Waals surface area contributed by atoms with Crippen molar-refractivity contribution in [2.45, 2.75) is 13.0 Å². The standard InChI is InChI=1S/C11H14N2O4/c1-6(12-2)10(15)13-8-5-7(11(16)17)3-4-9(8)14/h3-6,12,14H,1-2H3,(H,13,15)(H,16,17). The van der Waals surface area contributed by atoms with Gasteiger partial charge in [-0.3, -0.25) is 4.79 Å². The maximum absolute atomic E-state index is 11.5. The van der Waals surface area contributed by atoms with Gasteiger partial charge in [0.05, 0.1) is 17.3 Å². The van der Waals surface area contributed by atoms with Crippen LogP contribution in [0.25, 0.3) is 0 Å². The number of hydrogen-bond acceptors (Lipinski definition) is 4. The van der Waals surface area contributed by atoms with E-state index in [1.807, 2.05) is 0 Å². The normalized spacial score (nSPS) is 11.9. The number of carbonyl (C=O) groups excluding carboxylic acids is 1. The van der Waals surface area contributed by atoms with Crippen LogP contribution in [0.4, 0.5) is 5.69 Å². The second kappa shape index (κ2) is 5.31. The van der Waals surface area contributed by atoms with Gasteiger partial charge in [0.25, 0.3) is 0 Å². The van der Waals surface area contributed by atoms with Crippen LogP contribution in [-0.2, 0) is 4.79 Å². The first-order chi connectivity index (χ1) is 7.95. The van der Waals surface area contributed by atoms with Gasteiger partial charge in [0, 0.05) is 0 Å². The number of nitrogens with one attached hydrogen (secondary N) is 2. The van der Waals surface area contributed by atoms with E-state index in [1.165, 1.54) is 18.2 Å². The highest BCUT2D eigenvalue weighted by atomic mass is 16.4. The fraction of sp³-hybridized carbons (Fsp3) is 0.273. The molecule has 1 atom stereocenters. The van der Waals surface area contributed by atoms with Crippen molar-refractivity contribution in [2.24, 2.45) is 0 Å². The number of carboxylic acids is 1. The summed E-state index contributed by atoms with van der Waals surface area (Å²) in [6.45, 7) is 1.65. The zero-order valence-corrected chi connectivity index (χ0v) is 9.52. The van der Waals surface area contributed by atoms with Crippen molar-refractivity contribution >= 4 is 17.6 Å². The van der Waals surface area contributed by atoms with Gasteiger partial charge < -0.3 is 20.8 Å². The molecule has 1 rings (SSSR count). The third-order valence-corrected chi connectivity index (χ3v) is 2.33. The number of benzene rings is 1. The Balaban J connectivity index is 2.94. The summed E-state index contributed by atoms with van der Waals surface area (Å²) in [5.74, 6) is -1.65. The van der Waals surface area contributed by atoms with Crippen molar-refractivity contribution < 1.29 is 19.8 Å². The maximum atomic E-state index is 11.5. The zero-order chi connectivity index (χ0) is 13.0. The molecule has 6 heteroatoms. The first-order valence-electron chi connectivity index (χ1n) is 5.00. The van der Waals surface area contributed by atoms with E-state index >= 15 is 0 Å². The Labute approximate surface area is 98.3 Å². The van der Waals surface area contributed by atoms with Gasteiger partial charge in [-0.05, 0) is 32.2 Å². The number of aromatic carboxylic acids is 1. The molecule has 0 aliphatic heterocycles. The van der Waals surface area contributed by atoms with Crippen LogP contribution in [0.5, 0.6) is 5.75 Å². The van der Waals surface area contributed by atoms with Crippen LogP contribution >= 0.6 is 0 Å². The first-order valence-corrected chi connectivity index (χ1v) is 5.00. The summed E-state index contributed by atoms with van der Waals surface area (Å²) in [6, 6.07) is 3.25. The van der Waals surface area contributed by atoms with Gasteiger partial charge in [0.1, 0.15) is 5.75 Å². The Morgan fingerprint density at radius 2 is 2.00 bits per heavy atom. The van der Waals surface area contributed by atoms with E-state index < -0.39 is 12.0 Å². The van der Waals surface area contributed by atoms with Gasteiger partial charge in [-0.25, -0.2) is 4.79 Å². The number of hydrogen-bond donors (Lipinski definition) is 4. The minimum atomic E-state index is -1.12. The Morgan fingerprint density at radius 1 is 1.35 bits per heavy atom. The van der Waals surface area contributed by atoms with Crippen molar-refractivity contribution in [1.82, 2.24) is 5.32 Å². The molecule has 6 nitrogen and oxygen atoms in total. The first kappa shape index (κ1) is 13.0. The molecule has 0 heterocycles.